The fraction of sp³-hybridized carbons (Fsp3) is 0.222. The number of benzene rings is 2. The van der Waals surface area contributed by atoms with Crippen molar-refractivity contribution in [3.05, 3.63) is 47.9 Å². The van der Waals surface area contributed by atoms with E-state index in [1.54, 1.807) is 44.3 Å². The summed E-state index contributed by atoms with van der Waals surface area (Å²) < 4.78 is 31.7. The van der Waals surface area contributed by atoms with Crippen molar-refractivity contribution in [2.45, 2.75) is 6.54 Å². The molecule has 3 rings (SSSR count). The molecular formula is C18H19FN4O3. The van der Waals surface area contributed by atoms with Gasteiger partial charge in [-0.15, -0.1) is 5.10 Å². The minimum atomic E-state index is -0.440. The van der Waals surface area contributed by atoms with E-state index in [0.717, 1.165) is 5.56 Å². The fourth-order valence-corrected chi connectivity index (χ4v) is 2.65. The molecule has 0 aliphatic carbocycles. The van der Waals surface area contributed by atoms with E-state index in [2.05, 4.69) is 10.3 Å². The number of hydrogen-bond acceptors (Lipinski definition) is 6. The molecule has 26 heavy (non-hydrogen) atoms. The Hall–Kier alpha value is -3.29. The van der Waals surface area contributed by atoms with E-state index in [1.165, 1.54) is 6.07 Å². The molecule has 0 saturated heterocycles. The second-order valence-electron chi connectivity index (χ2n) is 5.57. The van der Waals surface area contributed by atoms with E-state index in [0.29, 0.717) is 40.7 Å². The van der Waals surface area contributed by atoms with E-state index in [9.17, 15) is 4.39 Å². The Labute approximate surface area is 150 Å². The first-order chi connectivity index (χ1) is 12.5. The number of aromatic nitrogens is 3. The van der Waals surface area contributed by atoms with Crippen LogP contribution < -0.4 is 19.9 Å². The number of halogens is 1. The minimum Gasteiger partial charge on any atom is -0.493 e. The largest absolute Gasteiger partial charge is 0.493 e. The normalized spacial score (nSPS) is 10.6. The van der Waals surface area contributed by atoms with E-state index in [4.69, 9.17) is 19.9 Å². The van der Waals surface area contributed by atoms with Crippen molar-refractivity contribution in [2.75, 3.05) is 27.1 Å². The number of rotatable bonds is 6. The van der Waals surface area contributed by atoms with Gasteiger partial charge in [0.1, 0.15) is 11.5 Å². The zero-order valence-electron chi connectivity index (χ0n) is 14.7. The highest BCUT2D eigenvalue weighted by molar-refractivity contribution is 5.62. The summed E-state index contributed by atoms with van der Waals surface area (Å²) in [5.74, 6) is 1.17. The summed E-state index contributed by atoms with van der Waals surface area (Å²) in [6.45, 7) is 0.403. The summed E-state index contributed by atoms with van der Waals surface area (Å²) in [6, 6.07) is 8.11. The lowest BCUT2D eigenvalue weighted by atomic mass is 10.1. The van der Waals surface area contributed by atoms with Crippen LogP contribution in [0, 0.1) is 5.82 Å². The predicted molar refractivity (Wildman–Crippen MR) is 95.0 cm³/mol. The van der Waals surface area contributed by atoms with Crippen molar-refractivity contribution in [3.63, 3.8) is 0 Å². The maximum Gasteiger partial charge on any atom is 0.203 e. The maximum atomic E-state index is 14.0. The SMILES string of the molecule is COc1cc(Cn2cc(-c3ccc(N)cc3F)nn2)cc(OC)c1OC. The van der Waals surface area contributed by atoms with Gasteiger partial charge in [-0.05, 0) is 35.9 Å². The summed E-state index contributed by atoms with van der Waals surface area (Å²) in [6.07, 6.45) is 1.66. The fourth-order valence-electron chi connectivity index (χ4n) is 2.65. The highest BCUT2D eigenvalue weighted by atomic mass is 19.1. The summed E-state index contributed by atoms with van der Waals surface area (Å²) >= 11 is 0. The van der Waals surface area contributed by atoms with E-state index < -0.39 is 5.82 Å². The third-order valence-corrected chi connectivity index (χ3v) is 3.88. The number of ether oxygens (including phenoxy) is 3. The molecule has 7 nitrogen and oxygen atoms in total. The molecule has 136 valence electrons. The number of anilines is 1. The van der Waals surface area contributed by atoms with Gasteiger partial charge in [-0.1, -0.05) is 5.21 Å². The van der Waals surface area contributed by atoms with Gasteiger partial charge in [0.2, 0.25) is 5.75 Å². The zero-order valence-corrected chi connectivity index (χ0v) is 14.7. The molecule has 0 unspecified atom stereocenters. The van der Waals surface area contributed by atoms with Gasteiger partial charge in [-0.25, -0.2) is 9.07 Å². The first-order valence-corrected chi connectivity index (χ1v) is 7.80. The summed E-state index contributed by atoms with van der Waals surface area (Å²) in [5.41, 5.74) is 7.57. The molecule has 1 heterocycles. The number of nitrogens with zero attached hydrogens (tertiary/aromatic N) is 3. The van der Waals surface area contributed by atoms with Gasteiger partial charge in [0, 0.05) is 11.3 Å². The molecule has 0 bridgehead atoms. The average Bonchev–Trinajstić information content (AvgIpc) is 3.08. The van der Waals surface area contributed by atoms with Crippen LogP contribution in [0.1, 0.15) is 5.56 Å². The van der Waals surface area contributed by atoms with Gasteiger partial charge in [0.25, 0.3) is 0 Å². The zero-order chi connectivity index (χ0) is 18.7. The van der Waals surface area contributed by atoms with E-state index in [-0.39, 0.29) is 0 Å². The molecule has 0 spiro atoms. The van der Waals surface area contributed by atoms with Crippen molar-refractivity contribution in [1.29, 1.82) is 0 Å². The Bertz CT molecular complexity index is 902. The minimum absolute atomic E-state index is 0.343. The molecule has 0 aliphatic heterocycles. The summed E-state index contributed by atoms with van der Waals surface area (Å²) in [5, 5.41) is 8.10. The molecule has 3 aromatic rings. The molecule has 0 fully saturated rings. The molecule has 0 saturated carbocycles. The Kier molecular flexibility index (Phi) is 4.92. The lowest BCUT2D eigenvalue weighted by Crippen LogP contribution is -2.03. The molecular weight excluding hydrogens is 339 g/mol. The highest BCUT2D eigenvalue weighted by Gasteiger charge is 2.15. The monoisotopic (exact) mass is 358 g/mol. The first-order valence-electron chi connectivity index (χ1n) is 7.80. The van der Waals surface area contributed by atoms with Gasteiger partial charge < -0.3 is 19.9 Å². The van der Waals surface area contributed by atoms with Gasteiger partial charge >= 0.3 is 0 Å². The van der Waals surface area contributed by atoms with Crippen LogP contribution in [0.5, 0.6) is 17.2 Å². The van der Waals surface area contributed by atoms with Crippen LogP contribution in [0.25, 0.3) is 11.3 Å². The topological polar surface area (TPSA) is 84.4 Å². The van der Waals surface area contributed by atoms with Crippen LogP contribution in [0.4, 0.5) is 10.1 Å². The van der Waals surface area contributed by atoms with Gasteiger partial charge in [0.15, 0.2) is 11.5 Å². The van der Waals surface area contributed by atoms with Gasteiger partial charge in [0.05, 0.1) is 34.1 Å². The molecule has 0 aliphatic rings. The third-order valence-electron chi connectivity index (χ3n) is 3.88. The lowest BCUT2D eigenvalue weighted by Gasteiger charge is -2.14. The third kappa shape index (κ3) is 3.39. The van der Waals surface area contributed by atoms with Crippen molar-refractivity contribution < 1.29 is 18.6 Å². The molecule has 8 heteroatoms. The molecule has 0 amide bonds. The highest BCUT2D eigenvalue weighted by Crippen LogP contribution is 2.38. The van der Waals surface area contributed by atoms with Crippen LogP contribution in [-0.4, -0.2) is 36.3 Å². The Morgan fingerprint density at radius 2 is 1.73 bits per heavy atom. The standard InChI is InChI=1S/C18H19FN4O3/c1-24-16-6-11(7-17(25-2)18(16)26-3)9-23-10-15(21-22-23)13-5-4-12(20)8-14(13)19/h4-8,10H,9,20H2,1-3H3. The van der Waals surface area contributed by atoms with E-state index in [1.807, 2.05) is 12.1 Å². The molecule has 1 aromatic heterocycles. The summed E-state index contributed by atoms with van der Waals surface area (Å²) in [4.78, 5) is 0. The van der Waals surface area contributed by atoms with Crippen LogP contribution in [0.3, 0.4) is 0 Å². The number of methoxy groups -OCH3 is 3. The van der Waals surface area contributed by atoms with Crippen LogP contribution in [0.2, 0.25) is 0 Å². The van der Waals surface area contributed by atoms with Crippen molar-refractivity contribution in [3.8, 4) is 28.5 Å². The van der Waals surface area contributed by atoms with Crippen LogP contribution >= 0.6 is 0 Å². The molecule has 2 N–H and O–H groups in total. The Balaban J connectivity index is 1.89. The predicted octanol–water partition coefficient (Wildman–Crippen LogP) is 2.74. The molecule has 0 atom stereocenters. The average molecular weight is 358 g/mol. The van der Waals surface area contributed by atoms with Crippen molar-refractivity contribution in [2.24, 2.45) is 0 Å². The van der Waals surface area contributed by atoms with Crippen molar-refractivity contribution in [1.82, 2.24) is 15.0 Å². The van der Waals surface area contributed by atoms with Crippen molar-refractivity contribution >= 4 is 5.69 Å². The quantitative estimate of drug-likeness (QED) is 0.682. The second kappa shape index (κ2) is 7.30. The molecule has 0 radical (unpaired) electrons. The van der Waals surface area contributed by atoms with Gasteiger partial charge in [-0.2, -0.15) is 0 Å². The smallest absolute Gasteiger partial charge is 0.203 e. The first kappa shape index (κ1) is 17.5. The van der Waals surface area contributed by atoms with Crippen LogP contribution in [-0.2, 0) is 6.54 Å². The Morgan fingerprint density at radius 1 is 1.04 bits per heavy atom. The molecule has 2 aromatic carbocycles. The van der Waals surface area contributed by atoms with Crippen LogP contribution in [0.15, 0.2) is 36.5 Å². The van der Waals surface area contributed by atoms with Gasteiger partial charge in [-0.3, -0.25) is 0 Å². The number of nitrogen functional groups attached to an aromatic ring is 1. The number of nitrogens with two attached hydrogens (primary N) is 1. The maximum absolute atomic E-state index is 14.0. The Morgan fingerprint density at radius 3 is 2.31 bits per heavy atom. The van der Waals surface area contributed by atoms with E-state index >= 15 is 0 Å². The lowest BCUT2D eigenvalue weighted by molar-refractivity contribution is 0.323. The number of hydrogen-bond donors (Lipinski definition) is 1. The summed E-state index contributed by atoms with van der Waals surface area (Å²) in [7, 11) is 4.65. The second-order valence-corrected chi connectivity index (χ2v) is 5.57.